The van der Waals surface area contributed by atoms with Crippen molar-refractivity contribution >= 4 is 11.6 Å². The number of hydrogen-bond acceptors (Lipinski definition) is 4. The molecule has 0 bridgehead atoms. The monoisotopic (exact) mass is 318 g/mol. The molecule has 1 aliphatic heterocycles. The van der Waals surface area contributed by atoms with Gasteiger partial charge in [0, 0.05) is 18.8 Å². The fourth-order valence-electron chi connectivity index (χ4n) is 2.64. The molecule has 2 heterocycles. The van der Waals surface area contributed by atoms with Gasteiger partial charge in [-0.3, -0.25) is 9.48 Å². The molecule has 0 aliphatic carbocycles. The Bertz CT molecular complexity index is 695. The van der Waals surface area contributed by atoms with Gasteiger partial charge >= 0.3 is 0 Å². The molecule has 2 N–H and O–H groups in total. The van der Waals surface area contributed by atoms with Crippen molar-refractivity contribution in [3.8, 4) is 5.75 Å². The molecular formula is C16H19FN4O2. The number of methoxy groups -OCH3 is 1. The molecule has 1 aromatic carbocycles. The highest BCUT2D eigenvalue weighted by Crippen LogP contribution is 2.22. The molecule has 1 atom stereocenters. The first-order chi connectivity index (χ1) is 11.2. The number of anilines is 1. The predicted molar refractivity (Wildman–Crippen MR) is 84.3 cm³/mol. The van der Waals surface area contributed by atoms with E-state index in [2.05, 4.69) is 15.7 Å². The summed E-state index contributed by atoms with van der Waals surface area (Å²) in [6, 6.07) is 6.08. The van der Waals surface area contributed by atoms with Crippen LogP contribution in [-0.4, -0.2) is 35.9 Å². The number of halogens is 1. The van der Waals surface area contributed by atoms with Crippen LogP contribution in [0.15, 0.2) is 30.5 Å². The molecule has 1 aromatic heterocycles. The third-order valence-electron chi connectivity index (χ3n) is 3.91. The normalized spacial score (nSPS) is 17.7. The van der Waals surface area contributed by atoms with Crippen LogP contribution in [0.2, 0.25) is 0 Å². The summed E-state index contributed by atoms with van der Waals surface area (Å²) in [5, 5.41) is 10.2. The minimum atomic E-state index is -0.518. The Morgan fingerprint density at radius 1 is 1.48 bits per heavy atom. The number of hydrogen-bond donors (Lipinski definition) is 2. The van der Waals surface area contributed by atoms with Crippen molar-refractivity contribution in [1.82, 2.24) is 15.1 Å². The van der Waals surface area contributed by atoms with E-state index in [0.29, 0.717) is 5.75 Å². The van der Waals surface area contributed by atoms with E-state index < -0.39 is 11.7 Å². The summed E-state index contributed by atoms with van der Waals surface area (Å²) in [6.07, 6.45) is 3.90. The highest BCUT2D eigenvalue weighted by atomic mass is 19.1. The molecule has 1 saturated heterocycles. The summed E-state index contributed by atoms with van der Waals surface area (Å²) in [5.41, 5.74) is 0.334. The topological polar surface area (TPSA) is 68.2 Å². The Morgan fingerprint density at radius 2 is 2.35 bits per heavy atom. The molecule has 7 heteroatoms. The van der Waals surface area contributed by atoms with Crippen molar-refractivity contribution in [1.29, 1.82) is 0 Å². The van der Waals surface area contributed by atoms with Crippen LogP contribution in [0.1, 0.15) is 29.4 Å². The Balaban J connectivity index is 1.72. The standard InChI is InChI=1S/C16H19FN4O2/c1-23-12-4-5-13(17)15(9-12)19-16(22)14-6-8-21(20-14)11-3-2-7-18-10-11/h4-6,8-9,11,18H,2-3,7,10H2,1H3,(H,19,22). The Labute approximate surface area is 133 Å². The van der Waals surface area contributed by atoms with Gasteiger partial charge in [0.05, 0.1) is 18.8 Å². The molecule has 2 aromatic rings. The number of nitrogens with zero attached hydrogens (tertiary/aromatic N) is 2. The second-order valence-corrected chi connectivity index (χ2v) is 5.48. The van der Waals surface area contributed by atoms with E-state index in [-0.39, 0.29) is 17.4 Å². The smallest absolute Gasteiger partial charge is 0.276 e. The highest BCUT2D eigenvalue weighted by Gasteiger charge is 2.18. The maximum absolute atomic E-state index is 13.8. The third-order valence-corrected chi connectivity index (χ3v) is 3.91. The van der Waals surface area contributed by atoms with Crippen molar-refractivity contribution in [3.05, 3.63) is 42.0 Å². The summed E-state index contributed by atoms with van der Waals surface area (Å²) < 4.78 is 20.6. The van der Waals surface area contributed by atoms with Gasteiger partial charge in [-0.15, -0.1) is 0 Å². The number of aromatic nitrogens is 2. The average molecular weight is 318 g/mol. The van der Waals surface area contributed by atoms with E-state index in [1.165, 1.54) is 25.3 Å². The summed E-state index contributed by atoms with van der Waals surface area (Å²) >= 11 is 0. The van der Waals surface area contributed by atoms with Crippen molar-refractivity contribution < 1.29 is 13.9 Å². The first-order valence-electron chi connectivity index (χ1n) is 7.58. The van der Waals surface area contributed by atoms with E-state index in [9.17, 15) is 9.18 Å². The van der Waals surface area contributed by atoms with Crippen LogP contribution in [0.4, 0.5) is 10.1 Å². The molecule has 1 unspecified atom stereocenters. The van der Waals surface area contributed by atoms with Crippen LogP contribution in [0, 0.1) is 5.82 Å². The number of carbonyl (C=O) groups is 1. The molecule has 6 nitrogen and oxygen atoms in total. The summed E-state index contributed by atoms with van der Waals surface area (Å²) in [6.45, 7) is 1.85. The molecule has 23 heavy (non-hydrogen) atoms. The molecular weight excluding hydrogens is 299 g/mol. The van der Waals surface area contributed by atoms with Crippen LogP contribution < -0.4 is 15.4 Å². The van der Waals surface area contributed by atoms with Crippen LogP contribution in [0.25, 0.3) is 0 Å². The second kappa shape index (κ2) is 6.78. The first kappa shape index (κ1) is 15.5. The SMILES string of the molecule is COc1ccc(F)c(NC(=O)c2ccn(C3CCCNC3)n2)c1. The lowest BCUT2D eigenvalue weighted by atomic mass is 10.1. The zero-order valence-electron chi connectivity index (χ0n) is 12.9. The van der Waals surface area contributed by atoms with Crippen LogP contribution in [-0.2, 0) is 0 Å². The lowest BCUT2D eigenvalue weighted by Gasteiger charge is -2.22. The maximum atomic E-state index is 13.8. The number of rotatable bonds is 4. The molecule has 0 saturated carbocycles. The summed E-state index contributed by atoms with van der Waals surface area (Å²) in [5.74, 6) is -0.491. The zero-order valence-corrected chi connectivity index (χ0v) is 12.9. The van der Waals surface area contributed by atoms with Gasteiger partial charge in [-0.1, -0.05) is 0 Å². The van der Waals surface area contributed by atoms with Gasteiger partial charge in [-0.2, -0.15) is 5.10 Å². The summed E-state index contributed by atoms with van der Waals surface area (Å²) in [4.78, 5) is 12.3. The molecule has 122 valence electrons. The van der Waals surface area contributed by atoms with Gasteiger partial charge in [-0.05, 0) is 37.6 Å². The largest absolute Gasteiger partial charge is 0.497 e. The minimum Gasteiger partial charge on any atom is -0.497 e. The lowest BCUT2D eigenvalue weighted by molar-refractivity contribution is 0.102. The lowest BCUT2D eigenvalue weighted by Crippen LogP contribution is -2.32. The number of benzene rings is 1. The van der Waals surface area contributed by atoms with Gasteiger partial charge in [0.2, 0.25) is 0 Å². The van der Waals surface area contributed by atoms with Crippen molar-refractivity contribution in [2.75, 3.05) is 25.5 Å². The van der Waals surface area contributed by atoms with Gasteiger partial charge in [0.15, 0.2) is 5.69 Å². The van der Waals surface area contributed by atoms with E-state index in [1.54, 1.807) is 16.9 Å². The fourth-order valence-corrected chi connectivity index (χ4v) is 2.64. The van der Waals surface area contributed by atoms with Crippen LogP contribution in [0.3, 0.4) is 0 Å². The average Bonchev–Trinajstić information content (AvgIpc) is 3.08. The molecule has 1 amide bonds. The number of piperidine rings is 1. The van der Waals surface area contributed by atoms with Gasteiger partial charge < -0.3 is 15.4 Å². The fraction of sp³-hybridized carbons (Fsp3) is 0.375. The minimum absolute atomic E-state index is 0.0724. The first-order valence-corrected chi connectivity index (χ1v) is 7.58. The number of nitrogens with one attached hydrogen (secondary N) is 2. The van der Waals surface area contributed by atoms with E-state index in [4.69, 9.17) is 4.74 Å². The number of carbonyl (C=O) groups excluding carboxylic acids is 1. The molecule has 0 radical (unpaired) electrons. The van der Waals surface area contributed by atoms with E-state index >= 15 is 0 Å². The van der Waals surface area contributed by atoms with Crippen LogP contribution in [0.5, 0.6) is 5.75 Å². The third kappa shape index (κ3) is 3.50. The molecule has 0 spiro atoms. The molecule has 3 rings (SSSR count). The Hall–Kier alpha value is -2.41. The van der Waals surface area contributed by atoms with Gasteiger partial charge in [-0.25, -0.2) is 4.39 Å². The number of ether oxygens (including phenoxy) is 1. The highest BCUT2D eigenvalue weighted by molar-refractivity contribution is 6.02. The van der Waals surface area contributed by atoms with Crippen LogP contribution >= 0.6 is 0 Å². The van der Waals surface area contributed by atoms with Crippen molar-refractivity contribution in [2.24, 2.45) is 0 Å². The maximum Gasteiger partial charge on any atom is 0.276 e. The molecule has 1 aliphatic rings. The molecule has 1 fully saturated rings. The predicted octanol–water partition coefficient (Wildman–Crippen LogP) is 2.21. The van der Waals surface area contributed by atoms with Gasteiger partial charge in [0.1, 0.15) is 11.6 Å². The second-order valence-electron chi connectivity index (χ2n) is 5.48. The quantitative estimate of drug-likeness (QED) is 0.907. The Kier molecular flexibility index (Phi) is 4.57. The van der Waals surface area contributed by atoms with Crippen molar-refractivity contribution in [2.45, 2.75) is 18.9 Å². The zero-order chi connectivity index (χ0) is 16.2. The van der Waals surface area contributed by atoms with E-state index in [0.717, 1.165) is 25.9 Å². The number of amides is 1. The van der Waals surface area contributed by atoms with Crippen molar-refractivity contribution in [3.63, 3.8) is 0 Å². The van der Waals surface area contributed by atoms with E-state index in [1.807, 2.05) is 0 Å². The van der Waals surface area contributed by atoms with Gasteiger partial charge in [0.25, 0.3) is 5.91 Å². The summed E-state index contributed by atoms with van der Waals surface area (Å²) in [7, 11) is 1.48. The Morgan fingerprint density at radius 3 is 3.09 bits per heavy atom.